The van der Waals surface area contributed by atoms with Gasteiger partial charge in [0, 0.05) is 26.9 Å². The molecule has 0 heterocycles. The average molecular weight is 372 g/mol. The van der Waals surface area contributed by atoms with E-state index in [4.69, 9.17) is 18.9 Å². The number of carbonyl (C=O) groups excluding carboxylic acids is 2. The topological polar surface area (TPSA) is 77.5 Å². The van der Waals surface area contributed by atoms with Crippen LogP contribution >= 0.6 is 0 Å². The van der Waals surface area contributed by atoms with Crippen molar-refractivity contribution in [2.75, 3.05) is 65.9 Å². The molecule has 2 amide bonds. The first kappa shape index (κ1) is 24.3. The summed E-state index contributed by atoms with van der Waals surface area (Å²) < 4.78 is 21.5. The summed E-state index contributed by atoms with van der Waals surface area (Å²) in [7, 11) is 0. The number of amides is 2. The van der Waals surface area contributed by atoms with Crippen molar-refractivity contribution in [1.29, 1.82) is 0 Å². The number of nitrogens with zero attached hydrogens (tertiary/aromatic N) is 2. The highest BCUT2D eigenvalue weighted by Crippen LogP contribution is 1.91. The minimum absolute atomic E-state index is 0.0575. The van der Waals surface area contributed by atoms with Gasteiger partial charge < -0.3 is 28.7 Å². The van der Waals surface area contributed by atoms with Gasteiger partial charge in [-0.25, -0.2) is 0 Å². The first-order chi connectivity index (χ1) is 12.5. The van der Waals surface area contributed by atoms with Crippen molar-refractivity contribution in [1.82, 2.24) is 9.80 Å². The van der Waals surface area contributed by atoms with Crippen LogP contribution in [0, 0.1) is 0 Å². The van der Waals surface area contributed by atoms with Crippen molar-refractivity contribution in [3.8, 4) is 0 Å². The predicted molar refractivity (Wildman–Crippen MR) is 98.4 cm³/mol. The monoisotopic (exact) mass is 372 g/mol. The highest BCUT2D eigenvalue weighted by atomic mass is 16.6. The predicted octanol–water partition coefficient (Wildman–Crippen LogP) is 1.04. The fourth-order valence-electron chi connectivity index (χ4n) is 1.84. The number of hydrogen-bond donors (Lipinski definition) is 0. The Labute approximate surface area is 156 Å². The van der Waals surface area contributed by atoms with E-state index in [9.17, 15) is 9.59 Å². The largest absolute Gasteiger partial charge is 0.377 e. The first-order valence-electron chi connectivity index (χ1n) is 8.63. The molecule has 8 nitrogen and oxygen atoms in total. The standard InChI is InChI=1S/C18H32N2O6/c1-5-19(17(3)21)7-9-23-11-13-25-15-16-26-14-12-24-10-8-20(6-2)18(4)22/h5-6H,1-2,7-16H2,3-4H3. The van der Waals surface area contributed by atoms with E-state index in [1.54, 1.807) is 0 Å². The zero-order chi connectivity index (χ0) is 19.6. The molecule has 0 saturated heterocycles. The van der Waals surface area contributed by atoms with E-state index in [2.05, 4.69) is 13.2 Å². The molecule has 0 aliphatic rings. The van der Waals surface area contributed by atoms with Crippen molar-refractivity contribution in [3.05, 3.63) is 25.6 Å². The lowest BCUT2D eigenvalue weighted by atomic mass is 10.5. The zero-order valence-electron chi connectivity index (χ0n) is 16.0. The van der Waals surface area contributed by atoms with E-state index in [0.717, 1.165) is 0 Å². The average Bonchev–Trinajstić information content (AvgIpc) is 2.61. The van der Waals surface area contributed by atoms with E-state index in [1.165, 1.54) is 36.0 Å². The van der Waals surface area contributed by atoms with Crippen molar-refractivity contribution in [2.45, 2.75) is 13.8 Å². The van der Waals surface area contributed by atoms with Crippen LogP contribution in [0.4, 0.5) is 0 Å². The van der Waals surface area contributed by atoms with Gasteiger partial charge in [-0.2, -0.15) is 0 Å². The normalized spacial score (nSPS) is 10.4. The van der Waals surface area contributed by atoms with E-state index >= 15 is 0 Å². The number of rotatable bonds is 17. The summed E-state index contributed by atoms with van der Waals surface area (Å²) in [6.07, 6.45) is 2.98. The summed E-state index contributed by atoms with van der Waals surface area (Å²) in [5.41, 5.74) is 0. The SMILES string of the molecule is C=CN(CCOCCOCCOCCOCCN(C=C)C(C)=O)C(C)=O. The molecule has 0 radical (unpaired) electrons. The van der Waals surface area contributed by atoms with Gasteiger partial charge in [-0.1, -0.05) is 13.2 Å². The second-order valence-corrected chi connectivity index (χ2v) is 5.24. The van der Waals surface area contributed by atoms with Gasteiger partial charge >= 0.3 is 0 Å². The molecule has 0 aromatic rings. The van der Waals surface area contributed by atoms with Gasteiger partial charge in [0.25, 0.3) is 0 Å². The minimum atomic E-state index is -0.0575. The zero-order valence-corrected chi connectivity index (χ0v) is 16.0. The van der Waals surface area contributed by atoms with E-state index in [-0.39, 0.29) is 11.8 Å². The number of hydrogen-bond acceptors (Lipinski definition) is 6. The summed E-state index contributed by atoms with van der Waals surface area (Å²) in [4.78, 5) is 25.2. The third-order valence-electron chi connectivity index (χ3n) is 3.32. The van der Waals surface area contributed by atoms with Crippen LogP contribution in [0.25, 0.3) is 0 Å². The van der Waals surface area contributed by atoms with Crippen molar-refractivity contribution < 1.29 is 28.5 Å². The van der Waals surface area contributed by atoms with E-state index < -0.39 is 0 Å². The molecule has 0 bridgehead atoms. The van der Waals surface area contributed by atoms with Crippen LogP contribution in [-0.4, -0.2) is 87.6 Å². The summed E-state index contributed by atoms with van der Waals surface area (Å²) in [5.74, 6) is -0.115. The minimum Gasteiger partial charge on any atom is -0.377 e. The van der Waals surface area contributed by atoms with Gasteiger partial charge in [-0.15, -0.1) is 0 Å². The molecule has 0 aliphatic heterocycles. The van der Waals surface area contributed by atoms with Gasteiger partial charge in [0.1, 0.15) is 0 Å². The quantitative estimate of drug-likeness (QED) is 0.355. The van der Waals surface area contributed by atoms with Crippen LogP contribution in [0.15, 0.2) is 25.6 Å². The molecule has 150 valence electrons. The molecule has 0 fully saturated rings. The van der Waals surface area contributed by atoms with Crippen LogP contribution in [0.3, 0.4) is 0 Å². The number of carbonyl (C=O) groups is 2. The van der Waals surface area contributed by atoms with Crippen LogP contribution in [0.2, 0.25) is 0 Å². The fourth-order valence-corrected chi connectivity index (χ4v) is 1.84. The van der Waals surface area contributed by atoms with Crippen LogP contribution in [-0.2, 0) is 28.5 Å². The Bertz CT molecular complexity index is 378. The molecule has 0 atom stereocenters. The Balaban J connectivity index is 3.29. The Morgan fingerprint density at radius 3 is 1.15 bits per heavy atom. The fraction of sp³-hybridized carbons (Fsp3) is 0.667. The molecule has 0 saturated carbocycles. The van der Waals surface area contributed by atoms with E-state index in [1.807, 2.05) is 0 Å². The second-order valence-electron chi connectivity index (χ2n) is 5.24. The molecule has 0 aliphatic carbocycles. The van der Waals surface area contributed by atoms with Gasteiger partial charge in [0.2, 0.25) is 11.8 Å². The molecular weight excluding hydrogens is 340 g/mol. The molecule has 26 heavy (non-hydrogen) atoms. The van der Waals surface area contributed by atoms with Crippen LogP contribution in [0.5, 0.6) is 0 Å². The number of ether oxygens (including phenoxy) is 4. The molecule has 0 spiro atoms. The molecule has 0 N–H and O–H groups in total. The van der Waals surface area contributed by atoms with Gasteiger partial charge in [0.05, 0.1) is 52.9 Å². The van der Waals surface area contributed by atoms with Crippen LogP contribution in [0.1, 0.15) is 13.8 Å². The summed E-state index contributed by atoms with van der Waals surface area (Å²) in [6, 6.07) is 0. The van der Waals surface area contributed by atoms with E-state index in [0.29, 0.717) is 65.9 Å². The highest BCUT2D eigenvalue weighted by Gasteiger charge is 2.03. The lowest BCUT2D eigenvalue weighted by molar-refractivity contribution is -0.127. The molecule has 8 heteroatoms. The van der Waals surface area contributed by atoms with Gasteiger partial charge in [-0.05, 0) is 12.4 Å². The van der Waals surface area contributed by atoms with Crippen molar-refractivity contribution in [2.24, 2.45) is 0 Å². The Hall–Kier alpha value is -1.74. The molecule has 0 rings (SSSR count). The van der Waals surface area contributed by atoms with Crippen molar-refractivity contribution >= 4 is 11.8 Å². The Kier molecular flexibility index (Phi) is 15.6. The Morgan fingerprint density at radius 1 is 0.654 bits per heavy atom. The van der Waals surface area contributed by atoms with Gasteiger partial charge in [0.15, 0.2) is 0 Å². The lowest BCUT2D eigenvalue weighted by Crippen LogP contribution is -2.27. The van der Waals surface area contributed by atoms with Crippen molar-refractivity contribution in [3.63, 3.8) is 0 Å². The maximum absolute atomic E-state index is 11.1. The van der Waals surface area contributed by atoms with Crippen LogP contribution < -0.4 is 0 Å². The maximum Gasteiger partial charge on any atom is 0.223 e. The third-order valence-corrected chi connectivity index (χ3v) is 3.32. The molecule has 0 aromatic heterocycles. The Morgan fingerprint density at radius 2 is 0.923 bits per heavy atom. The molecule has 0 aromatic carbocycles. The smallest absolute Gasteiger partial charge is 0.223 e. The summed E-state index contributed by atoms with van der Waals surface area (Å²) >= 11 is 0. The maximum atomic E-state index is 11.1. The second kappa shape index (κ2) is 16.7. The molecule has 0 unspecified atom stereocenters. The van der Waals surface area contributed by atoms with Gasteiger partial charge in [-0.3, -0.25) is 9.59 Å². The first-order valence-corrected chi connectivity index (χ1v) is 8.63. The summed E-state index contributed by atoms with van der Waals surface area (Å²) in [5, 5.41) is 0. The third kappa shape index (κ3) is 13.5. The summed E-state index contributed by atoms with van der Waals surface area (Å²) in [6.45, 7) is 14.8. The highest BCUT2D eigenvalue weighted by molar-refractivity contribution is 5.74. The lowest BCUT2D eigenvalue weighted by Gasteiger charge is -2.15. The molecular formula is C18H32N2O6.